The van der Waals surface area contributed by atoms with Crippen molar-refractivity contribution in [3.63, 3.8) is 0 Å². The van der Waals surface area contributed by atoms with Crippen LogP contribution in [0.1, 0.15) is 44.1 Å². The van der Waals surface area contributed by atoms with Gasteiger partial charge in [-0.05, 0) is 30.5 Å². The minimum Gasteiger partial charge on any atom is -0.326 e. The number of nitrogens with two attached hydrogens (primary N) is 1. The fourth-order valence-electron chi connectivity index (χ4n) is 2.51. The van der Waals surface area contributed by atoms with E-state index in [1.54, 1.807) is 0 Å². The molecule has 3 nitrogen and oxygen atoms in total. The average Bonchev–Trinajstić information content (AvgIpc) is 2.68. The fourth-order valence-corrected chi connectivity index (χ4v) is 2.51. The molecule has 0 spiro atoms. The molecule has 0 radical (unpaired) electrons. The zero-order valence-corrected chi connectivity index (χ0v) is 10.8. The third kappa shape index (κ3) is 3.57. The van der Waals surface area contributed by atoms with Gasteiger partial charge in [0.05, 0.1) is 0 Å². The quantitative estimate of drug-likeness (QED) is 0.805. The standard InChI is InChI=1S/C15H22N2O/c16-11-12-7-9-14(10-8-12)17-15(18)13-5-3-1-2-4-6-13/h7-10,13H,1-6,11,16H2,(H,17,18). The van der Waals surface area contributed by atoms with Crippen molar-refractivity contribution in [1.29, 1.82) is 0 Å². The number of amides is 1. The van der Waals surface area contributed by atoms with Crippen LogP contribution in [0.3, 0.4) is 0 Å². The highest BCUT2D eigenvalue weighted by molar-refractivity contribution is 5.92. The number of rotatable bonds is 3. The molecule has 0 atom stereocenters. The Hall–Kier alpha value is -1.35. The lowest BCUT2D eigenvalue weighted by Crippen LogP contribution is -2.22. The van der Waals surface area contributed by atoms with Crippen molar-refractivity contribution >= 4 is 11.6 Å². The Kier molecular flexibility index (Phi) is 4.76. The summed E-state index contributed by atoms with van der Waals surface area (Å²) in [5, 5.41) is 3.01. The number of hydrogen-bond acceptors (Lipinski definition) is 2. The molecule has 1 amide bonds. The molecule has 1 aromatic rings. The molecule has 18 heavy (non-hydrogen) atoms. The van der Waals surface area contributed by atoms with Crippen LogP contribution >= 0.6 is 0 Å². The molecule has 0 aromatic heterocycles. The van der Waals surface area contributed by atoms with E-state index in [0.717, 1.165) is 24.1 Å². The van der Waals surface area contributed by atoms with Gasteiger partial charge in [-0.1, -0.05) is 37.8 Å². The maximum atomic E-state index is 12.1. The molecule has 0 unspecified atom stereocenters. The molecular weight excluding hydrogens is 224 g/mol. The SMILES string of the molecule is NCc1ccc(NC(=O)C2CCCCCC2)cc1. The molecule has 3 heteroatoms. The van der Waals surface area contributed by atoms with E-state index in [4.69, 9.17) is 5.73 Å². The van der Waals surface area contributed by atoms with Gasteiger partial charge in [0.25, 0.3) is 0 Å². The monoisotopic (exact) mass is 246 g/mol. The van der Waals surface area contributed by atoms with E-state index in [9.17, 15) is 4.79 Å². The highest BCUT2D eigenvalue weighted by Gasteiger charge is 2.19. The van der Waals surface area contributed by atoms with E-state index in [1.807, 2.05) is 24.3 Å². The Balaban J connectivity index is 1.92. The molecule has 1 aliphatic rings. The molecule has 0 bridgehead atoms. The molecule has 1 fully saturated rings. The third-order valence-corrected chi connectivity index (χ3v) is 3.68. The second-order valence-corrected chi connectivity index (χ2v) is 5.08. The number of nitrogens with one attached hydrogen (secondary N) is 1. The zero-order valence-electron chi connectivity index (χ0n) is 10.8. The van der Waals surface area contributed by atoms with Gasteiger partial charge in [0.2, 0.25) is 5.91 Å². The summed E-state index contributed by atoms with van der Waals surface area (Å²) in [7, 11) is 0. The second kappa shape index (κ2) is 6.55. The van der Waals surface area contributed by atoms with Crippen molar-refractivity contribution < 1.29 is 4.79 Å². The van der Waals surface area contributed by atoms with E-state index in [-0.39, 0.29) is 11.8 Å². The molecule has 1 saturated carbocycles. The first-order valence-electron chi connectivity index (χ1n) is 6.89. The predicted molar refractivity (Wildman–Crippen MR) is 74.2 cm³/mol. The lowest BCUT2D eigenvalue weighted by Gasteiger charge is -2.14. The molecule has 0 heterocycles. The topological polar surface area (TPSA) is 55.1 Å². The fraction of sp³-hybridized carbons (Fsp3) is 0.533. The summed E-state index contributed by atoms with van der Waals surface area (Å²) in [6.07, 6.45) is 6.98. The van der Waals surface area contributed by atoms with Crippen LogP contribution in [-0.2, 0) is 11.3 Å². The Labute approximate surface area is 109 Å². The summed E-state index contributed by atoms with van der Waals surface area (Å²) >= 11 is 0. The third-order valence-electron chi connectivity index (χ3n) is 3.68. The van der Waals surface area contributed by atoms with Crippen molar-refractivity contribution in [1.82, 2.24) is 0 Å². The molecule has 0 aliphatic heterocycles. The number of carbonyl (C=O) groups excluding carboxylic acids is 1. The van der Waals surface area contributed by atoms with Crippen LogP contribution in [0, 0.1) is 5.92 Å². The van der Waals surface area contributed by atoms with Crippen molar-refractivity contribution in [3.05, 3.63) is 29.8 Å². The van der Waals surface area contributed by atoms with Gasteiger partial charge in [-0.2, -0.15) is 0 Å². The lowest BCUT2D eigenvalue weighted by molar-refractivity contribution is -0.120. The second-order valence-electron chi connectivity index (χ2n) is 5.08. The number of hydrogen-bond donors (Lipinski definition) is 2. The Morgan fingerprint density at radius 1 is 1.11 bits per heavy atom. The highest BCUT2D eigenvalue weighted by atomic mass is 16.1. The Bertz CT molecular complexity index is 378. The molecule has 2 rings (SSSR count). The van der Waals surface area contributed by atoms with Gasteiger partial charge in [0.15, 0.2) is 0 Å². The van der Waals surface area contributed by atoms with Crippen LogP contribution in [0.25, 0.3) is 0 Å². The van der Waals surface area contributed by atoms with E-state index in [0.29, 0.717) is 6.54 Å². The largest absolute Gasteiger partial charge is 0.326 e. The summed E-state index contributed by atoms with van der Waals surface area (Å²) in [4.78, 5) is 12.1. The lowest BCUT2D eigenvalue weighted by atomic mass is 9.99. The molecule has 98 valence electrons. The first kappa shape index (κ1) is 13.1. The van der Waals surface area contributed by atoms with Crippen LogP contribution in [0.15, 0.2) is 24.3 Å². The zero-order chi connectivity index (χ0) is 12.8. The van der Waals surface area contributed by atoms with E-state index < -0.39 is 0 Å². The van der Waals surface area contributed by atoms with Crippen molar-refractivity contribution in [2.45, 2.75) is 45.1 Å². The summed E-state index contributed by atoms with van der Waals surface area (Å²) in [5.41, 5.74) is 7.51. The van der Waals surface area contributed by atoms with Gasteiger partial charge in [-0.15, -0.1) is 0 Å². The average molecular weight is 246 g/mol. The van der Waals surface area contributed by atoms with Crippen LogP contribution in [0.2, 0.25) is 0 Å². The van der Waals surface area contributed by atoms with Crippen LogP contribution in [0.5, 0.6) is 0 Å². The molecule has 0 saturated heterocycles. The predicted octanol–water partition coefficient (Wildman–Crippen LogP) is 3.05. The van der Waals surface area contributed by atoms with Gasteiger partial charge >= 0.3 is 0 Å². The van der Waals surface area contributed by atoms with Gasteiger partial charge < -0.3 is 11.1 Å². The maximum Gasteiger partial charge on any atom is 0.227 e. The maximum absolute atomic E-state index is 12.1. The van der Waals surface area contributed by atoms with Crippen LogP contribution in [0.4, 0.5) is 5.69 Å². The number of benzene rings is 1. The minimum atomic E-state index is 0.178. The summed E-state index contributed by atoms with van der Waals surface area (Å²) < 4.78 is 0. The van der Waals surface area contributed by atoms with E-state index in [1.165, 1.54) is 25.7 Å². The highest BCUT2D eigenvalue weighted by Crippen LogP contribution is 2.24. The Morgan fingerprint density at radius 3 is 2.28 bits per heavy atom. The van der Waals surface area contributed by atoms with Crippen molar-refractivity contribution in [2.75, 3.05) is 5.32 Å². The van der Waals surface area contributed by atoms with Crippen molar-refractivity contribution in [2.24, 2.45) is 11.7 Å². The molecule has 1 aromatic carbocycles. The summed E-state index contributed by atoms with van der Waals surface area (Å²) in [5.74, 6) is 0.374. The number of anilines is 1. The Morgan fingerprint density at radius 2 is 1.72 bits per heavy atom. The smallest absolute Gasteiger partial charge is 0.227 e. The normalized spacial score (nSPS) is 17.2. The van der Waals surface area contributed by atoms with E-state index >= 15 is 0 Å². The minimum absolute atomic E-state index is 0.178. The van der Waals surface area contributed by atoms with Gasteiger partial charge in [-0.25, -0.2) is 0 Å². The van der Waals surface area contributed by atoms with Gasteiger partial charge in [-0.3, -0.25) is 4.79 Å². The first-order valence-corrected chi connectivity index (χ1v) is 6.89. The van der Waals surface area contributed by atoms with Gasteiger partial charge in [0.1, 0.15) is 0 Å². The van der Waals surface area contributed by atoms with Gasteiger partial charge in [0, 0.05) is 18.2 Å². The molecule has 3 N–H and O–H groups in total. The van der Waals surface area contributed by atoms with Crippen LogP contribution < -0.4 is 11.1 Å². The van der Waals surface area contributed by atoms with Crippen LogP contribution in [-0.4, -0.2) is 5.91 Å². The van der Waals surface area contributed by atoms with Crippen molar-refractivity contribution in [3.8, 4) is 0 Å². The number of carbonyl (C=O) groups is 1. The van der Waals surface area contributed by atoms with E-state index in [2.05, 4.69) is 5.32 Å². The summed E-state index contributed by atoms with van der Waals surface area (Å²) in [6, 6.07) is 7.78. The molecule has 1 aliphatic carbocycles. The molecular formula is C15H22N2O. The summed E-state index contributed by atoms with van der Waals surface area (Å²) in [6.45, 7) is 0.539. The first-order chi connectivity index (χ1) is 8.79.